The van der Waals surface area contributed by atoms with Gasteiger partial charge in [-0.2, -0.15) is 0 Å². The van der Waals surface area contributed by atoms with Crippen LogP contribution < -0.4 is 14.5 Å². The van der Waals surface area contributed by atoms with Gasteiger partial charge in [-0.15, -0.1) is 0 Å². The van der Waals surface area contributed by atoms with E-state index < -0.39 is 6.10 Å². The van der Waals surface area contributed by atoms with Gasteiger partial charge in [-0.3, -0.25) is 0 Å². The second-order valence-corrected chi connectivity index (χ2v) is 7.11. The molecule has 25 heavy (non-hydrogen) atoms. The van der Waals surface area contributed by atoms with Gasteiger partial charge >= 0.3 is 0 Å². The lowest BCUT2D eigenvalue weighted by Gasteiger charge is -2.34. The third-order valence-corrected chi connectivity index (χ3v) is 5.05. The number of benzene rings is 2. The first-order valence-electron chi connectivity index (χ1n) is 8.52. The molecule has 0 saturated carbocycles. The number of piperazine rings is 1. The van der Waals surface area contributed by atoms with Crippen molar-refractivity contribution in [3.05, 3.63) is 58.6 Å². The van der Waals surface area contributed by atoms with Crippen LogP contribution in [0.2, 0.25) is 10.0 Å². The van der Waals surface area contributed by atoms with Gasteiger partial charge in [-0.25, -0.2) is 0 Å². The largest absolute Gasteiger partial charge is 0.488 e. The van der Waals surface area contributed by atoms with Crippen molar-refractivity contribution in [1.29, 1.82) is 0 Å². The van der Waals surface area contributed by atoms with Gasteiger partial charge in [0.15, 0.2) is 5.75 Å². The molecule has 1 atom stereocenters. The highest BCUT2D eigenvalue weighted by Crippen LogP contribution is 2.32. The Morgan fingerprint density at radius 3 is 2.28 bits per heavy atom. The molecule has 2 N–H and O–H groups in total. The molecule has 1 saturated heterocycles. The molecule has 0 unspecified atom stereocenters. The van der Waals surface area contributed by atoms with Crippen LogP contribution in [0, 0.1) is 0 Å². The number of ether oxygens (including phenoxy) is 1. The summed E-state index contributed by atoms with van der Waals surface area (Å²) in [5, 5.41) is 11.2. The van der Waals surface area contributed by atoms with E-state index in [0.717, 1.165) is 26.2 Å². The van der Waals surface area contributed by atoms with E-state index in [-0.39, 0.29) is 6.61 Å². The number of aliphatic hydroxyl groups excluding tert-OH is 1. The highest BCUT2D eigenvalue weighted by molar-refractivity contribution is 6.37. The van der Waals surface area contributed by atoms with Gasteiger partial charge in [-0.1, -0.05) is 47.5 Å². The Kier molecular flexibility index (Phi) is 6.43. The van der Waals surface area contributed by atoms with Crippen LogP contribution in [0.4, 0.5) is 5.69 Å². The molecule has 1 aliphatic heterocycles. The fraction of sp³-hybridized carbons (Fsp3) is 0.368. The first-order valence-corrected chi connectivity index (χ1v) is 9.27. The molecule has 6 heteroatoms. The minimum Gasteiger partial charge on any atom is -0.488 e. The normalized spacial score (nSPS) is 16.7. The minimum absolute atomic E-state index is 0.190. The fourth-order valence-corrected chi connectivity index (χ4v) is 3.62. The maximum absolute atomic E-state index is 10.3. The van der Waals surface area contributed by atoms with E-state index in [2.05, 4.69) is 29.2 Å². The van der Waals surface area contributed by atoms with Crippen LogP contribution in [0.1, 0.15) is 0 Å². The number of nitrogens with zero attached hydrogens (tertiary/aromatic N) is 1. The SMILES string of the molecule is O[C@@H](COc1c(Cl)cccc1Cl)C[NH+]1CCN(c2ccccc2)CC1. The van der Waals surface area contributed by atoms with E-state index in [4.69, 9.17) is 27.9 Å². The number of quaternary nitrogens is 1. The molecular weight excluding hydrogens is 359 g/mol. The number of anilines is 1. The summed E-state index contributed by atoms with van der Waals surface area (Å²) >= 11 is 12.2. The number of halogens is 2. The molecule has 0 spiro atoms. The van der Waals surface area contributed by atoms with Crippen molar-refractivity contribution in [3.63, 3.8) is 0 Å². The predicted octanol–water partition coefficient (Wildman–Crippen LogP) is 2.14. The molecule has 4 nitrogen and oxygen atoms in total. The predicted molar refractivity (Wildman–Crippen MR) is 102 cm³/mol. The van der Waals surface area contributed by atoms with Crippen LogP contribution in [0.25, 0.3) is 0 Å². The van der Waals surface area contributed by atoms with Crippen molar-refractivity contribution in [1.82, 2.24) is 0 Å². The van der Waals surface area contributed by atoms with Crippen molar-refractivity contribution in [2.24, 2.45) is 0 Å². The molecule has 0 amide bonds. The van der Waals surface area contributed by atoms with Crippen molar-refractivity contribution in [3.8, 4) is 5.75 Å². The Morgan fingerprint density at radius 2 is 1.64 bits per heavy atom. The molecule has 0 radical (unpaired) electrons. The molecule has 1 fully saturated rings. The number of rotatable bonds is 6. The maximum atomic E-state index is 10.3. The van der Waals surface area contributed by atoms with Gasteiger partial charge in [0.2, 0.25) is 0 Å². The average molecular weight is 382 g/mol. The van der Waals surface area contributed by atoms with Crippen molar-refractivity contribution in [2.75, 3.05) is 44.2 Å². The molecule has 0 aliphatic carbocycles. The van der Waals surface area contributed by atoms with Gasteiger partial charge in [0.05, 0.1) is 36.2 Å². The summed E-state index contributed by atoms with van der Waals surface area (Å²) in [5.41, 5.74) is 1.26. The second kappa shape index (κ2) is 8.77. The topological polar surface area (TPSA) is 37.1 Å². The zero-order chi connectivity index (χ0) is 17.6. The Balaban J connectivity index is 1.44. The first kappa shape index (κ1) is 18.3. The highest BCUT2D eigenvalue weighted by Gasteiger charge is 2.23. The number of hydrogen-bond acceptors (Lipinski definition) is 3. The lowest BCUT2D eigenvalue weighted by atomic mass is 10.2. The number of para-hydroxylation sites is 2. The maximum Gasteiger partial charge on any atom is 0.156 e. The molecule has 1 heterocycles. The molecule has 0 bridgehead atoms. The van der Waals surface area contributed by atoms with Gasteiger partial charge in [0, 0.05) is 5.69 Å². The van der Waals surface area contributed by atoms with Crippen molar-refractivity contribution in [2.45, 2.75) is 6.10 Å². The minimum atomic E-state index is -0.550. The number of hydrogen-bond donors (Lipinski definition) is 2. The summed E-state index contributed by atoms with van der Waals surface area (Å²) in [6.07, 6.45) is -0.550. The fourth-order valence-electron chi connectivity index (χ4n) is 3.12. The standard InChI is InChI=1S/C19H22Cl2N2O2/c20-17-7-4-8-18(21)19(17)25-14-16(24)13-22-9-11-23(12-10-22)15-5-2-1-3-6-15/h1-8,16,24H,9-14H2/p+1/t16-/m1/s1. The third kappa shape index (κ3) is 5.02. The lowest BCUT2D eigenvalue weighted by molar-refractivity contribution is -0.903. The van der Waals surface area contributed by atoms with Crippen LogP contribution in [-0.4, -0.2) is 50.5 Å². The second-order valence-electron chi connectivity index (χ2n) is 6.29. The van der Waals surface area contributed by atoms with Crippen LogP contribution >= 0.6 is 23.2 Å². The van der Waals surface area contributed by atoms with E-state index >= 15 is 0 Å². The quantitative estimate of drug-likeness (QED) is 0.804. The molecule has 3 rings (SSSR count). The summed E-state index contributed by atoms with van der Waals surface area (Å²) in [7, 11) is 0. The van der Waals surface area contributed by atoms with Gasteiger partial charge < -0.3 is 19.6 Å². The third-order valence-electron chi connectivity index (χ3n) is 4.46. The Morgan fingerprint density at radius 1 is 1.00 bits per heavy atom. The van der Waals surface area contributed by atoms with Crippen molar-refractivity contribution < 1.29 is 14.7 Å². The zero-order valence-electron chi connectivity index (χ0n) is 14.0. The van der Waals surface area contributed by atoms with Crippen LogP contribution in [0.5, 0.6) is 5.75 Å². The molecule has 2 aromatic rings. The molecule has 1 aliphatic rings. The summed E-state index contributed by atoms with van der Waals surface area (Å²) in [5.74, 6) is 0.439. The zero-order valence-corrected chi connectivity index (χ0v) is 15.5. The summed E-state index contributed by atoms with van der Waals surface area (Å²) in [6.45, 7) is 4.82. The summed E-state index contributed by atoms with van der Waals surface area (Å²) in [4.78, 5) is 3.77. The molecule has 2 aromatic carbocycles. The van der Waals surface area contributed by atoms with Gasteiger partial charge in [-0.05, 0) is 24.3 Å². The van der Waals surface area contributed by atoms with Crippen molar-refractivity contribution >= 4 is 28.9 Å². The van der Waals surface area contributed by atoms with Gasteiger partial charge in [0.1, 0.15) is 19.3 Å². The Hall–Kier alpha value is -1.46. The number of aliphatic hydroxyl groups is 1. The van der Waals surface area contributed by atoms with E-state index in [9.17, 15) is 5.11 Å². The monoisotopic (exact) mass is 381 g/mol. The van der Waals surface area contributed by atoms with E-state index in [1.807, 2.05) is 6.07 Å². The van der Waals surface area contributed by atoms with E-state index in [1.54, 1.807) is 18.2 Å². The molecular formula is C19H23Cl2N2O2+. The van der Waals surface area contributed by atoms with E-state index in [1.165, 1.54) is 10.6 Å². The van der Waals surface area contributed by atoms with Crippen LogP contribution in [0.3, 0.4) is 0 Å². The highest BCUT2D eigenvalue weighted by atomic mass is 35.5. The van der Waals surface area contributed by atoms with Gasteiger partial charge in [0.25, 0.3) is 0 Å². The number of nitrogens with one attached hydrogen (secondary N) is 1. The summed E-state index contributed by atoms with van der Waals surface area (Å²) in [6, 6.07) is 15.7. The van der Waals surface area contributed by atoms with Crippen LogP contribution in [0.15, 0.2) is 48.5 Å². The smallest absolute Gasteiger partial charge is 0.156 e. The lowest BCUT2D eigenvalue weighted by Crippen LogP contribution is -3.16. The Labute approximate surface area is 158 Å². The molecule has 0 aromatic heterocycles. The first-order chi connectivity index (χ1) is 12.1. The van der Waals surface area contributed by atoms with Crippen LogP contribution in [-0.2, 0) is 0 Å². The Bertz CT molecular complexity index is 656. The molecule has 134 valence electrons. The van der Waals surface area contributed by atoms with E-state index in [0.29, 0.717) is 22.3 Å². The summed E-state index contributed by atoms with van der Waals surface area (Å²) < 4.78 is 5.62. The average Bonchev–Trinajstić information content (AvgIpc) is 2.63.